The van der Waals surface area contributed by atoms with Crippen LogP contribution in [0.5, 0.6) is 0 Å². The molecule has 1 atom stereocenters. The molecule has 1 aliphatic heterocycles. The lowest BCUT2D eigenvalue weighted by Gasteiger charge is -2.31. The summed E-state index contributed by atoms with van der Waals surface area (Å²) >= 11 is 5.79. The van der Waals surface area contributed by atoms with E-state index < -0.39 is 5.82 Å². The van der Waals surface area contributed by atoms with E-state index in [4.69, 9.17) is 11.6 Å². The van der Waals surface area contributed by atoms with Crippen LogP contribution in [0.15, 0.2) is 18.2 Å². The Morgan fingerprint density at radius 3 is 3.00 bits per heavy atom. The summed E-state index contributed by atoms with van der Waals surface area (Å²) in [5.41, 5.74) is 0.0756. The summed E-state index contributed by atoms with van der Waals surface area (Å²) in [7, 11) is 0. The maximum absolute atomic E-state index is 13.6. The molecule has 1 amide bonds. The molecule has 0 bridgehead atoms. The maximum atomic E-state index is 13.6. The van der Waals surface area contributed by atoms with Crippen molar-refractivity contribution >= 4 is 17.5 Å². The summed E-state index contributed by atoms with van der Waals surface area (Å²) in [4.78, 5) is 13.9. The first kappa shape index (κ1) is 12.4. The fourth-order valence-corrected chi connectivity index (χ4v) is 2.38. The summed E-state index contributed by atoms with van der Waals surface area (Å²) < 4.78 is 13.6. The number of hydrogen-bond donors (Lipinski definition) is 0. The average Bonchev–Trinajstić information content (AvgIpc) is 2.31. The Morgan fingerprint density at radius 2 is 2.29 bits per heavy atom. The van der Waals surface area contributed by atoms with Crippen LogP contribution in [-0.2, 0) is 0 Å². The van der Waals surface area contributed by atoms with Crippen LogP contribution in [-0.4, -0.2) is 23.9 Å². The Hall–Kier alpha value is -1.09. The van der Waals surface area contributed by atoms with Gasteiger partial charge in [0.2, 0.25) is 0 Å². The van der Waals surface area contributed by atoms with E-state index >= 15 is 0 Å². The molecule has 0 radical (unpaired) electrons. The highest BCUT2D eigenvalue weighted by Gasteiger charge is 2.24. The first-order valence-corrected chi connectivity index (χ1v) is 6.20. The van der Waals surface area contributed by atoms with Gasteiger partial charge in [-0.05, 0) is 37.0 Å². The SMILES string of the molecule is CC1CCCN(C(=O)c2cc(Cl)ccc2F)C1. The van der Waals surface area contributed by atoms with Crippen molar-refractivity contribution in [2.45, 2.75) is 19.8 Å². The molecule has 1 unspecified atom stereocenters. The number of benzene rings is 1. The molecule has 0 saturated carbocycles. The third kappa shape index (κ3) is 2.78. The van der Waals surface area contributed by atoms with Crippen LogP contribution in [0.1, 0.15) is 30.1 Å². The van der Waals surface area contributed by atoms with E-state index in [0.717, 1.165) is 12.8 Å². The highest BCUT2D eigenvalue weighted by molar-refractivity contribution is 6.31. The number of rotatable bonds is 1. The minimum atomic E-state index is -0.502. The Morgan fingerprint density at radius 1 is 1.53 bits per heavy atom. The van der Waals surface area contributed by atoms with Crippen LogP contribution in [0, 0.1) is 11.7 Å². The van der Waals surface area contributed by atoms with Crippen molar-refractivity contribution in [1.29, 1.82) is 0 Å². The predicted octanol–water partition coefficient (Wildman–Crippen LogP) is 3.35. The molecule has 0 aliphatic carbocycles. The van der Waals surface area contributed by atoms with Gasteiger partial charge in [0.15, 0.2) is 0 Å². The number of hydrogen-bond acceptors (Lipinski definition) is 1. The molecule has 2 rings (SSSR count). The second-order valence-corrected chi connectivity index (χ2v) is 5.06. The van der Waals surface area contributed by atoms with Gasteiger partial charge in [-0.25, -0.2) is 4.39 Å². The zero-order valence-electron chi connectivity index (χ0n) is 9.75. The van der Waals surface area contributed by atoms with E-state index in [-0.39, 0.29) is 11.5 Å². The monoisotopic (exact) mass is 255 g/mol. The highest BCUT2D eigenvalue weighted by atomic mass is 35.5. The molecule has 17 heavy (non-hydrogen) atoms. The Kier molecular flexibility index (Phi) is 3.67. The molecule has 1 heterocycles. The lowest BCUT2D eigenvalue weighted by molar-refractivity contribution is 0.0678. The number of amides is 1. The largest absolute Gasteiger partial charge is 0.338 e. The first-order valence-electron chi connectivity index (χ1n) is 5.82. The molecule has 1 aromatic rings. The fraction of sp³-hybridized carbons (Fsp3) is 0.462. The quantitative estimate of drug-likeness (QED) is 0.754. The third-order valence-corrected chi connectivity index (χ3v) is 3.34. The molecular weight excluding hydrogens is 241 g/mol. The number of carbonyl (C=O) groups is 1. The van der Waals surface area contributed by atoms with Gasteiger partial charge in [0.25, 0.3) is 5.91 Å². The van der Waals surface area contributed by atoms with Crippen molar-refractivity contribution in [1.82, 2.24) is 4.90 Å². The molecule has 1 aliphatic rings. The van der Waals surface area contributed by atoms with E-state index in [1.165, 1.54) is 18.2 Å². The van der Waals surface area contributed by atoms with Crippen molar-refractivity contribution in [3.05, 3.63) is 34.6 Å². The molecule has 2 nitrogen and oxygen atoms in total. The summed E-state index contributed by atoms with van der Waals surface area (Å²) in [5.74, 6) is -0.274. The van der Waals surface area contributed by atoms with Crippen LogP contribution >= 0.6 is 11.6 Å². The fourth-order valence-electron chi connectivity index (χ4n) is 2.21. The van der Waals surface area contributed by atoms with Crippen molar-refractivity contribution < 1.29 is 9.18 Å². The van der Waals surface area contributed by atoms with E-state index in [2.05, 4.69) is 6.92 Å². The lowest BCUT2D eigenvalue weighted by atomic mass is 9.99. The van der Waals surface area contributed by atoms with Gasteiger partial charge in [-0.15, -0.1) is 0 Å². The van der Waals surface area contributed by atoms with Crippen LogP contribution in [0.3, 0.4) is 0 Å². The smallest absolute Gasteiger partial charge is 0.256 e. The third-order valence-electron chi connectivity index (χ3n) is 3.10. The van der Waals surface area contributed by atoms with Gasteiger partial charge in [0, 0.05) is 18.1 Å². The minimum absolute atomic E-state index is 0.0756. The van der Waals surface area contributed by atoms with E-state index in [0.29, 0.717) is 24.0 Å². The Labute approximate surface area is 105 Å². The topological polar surface area (TPSA) is 20.3 Å². The number of carbonyl (C=O) groups excluding carboxylic acids is 1. The van der Waals surface area contributed by atoms with Gasteiger partial charge in [-0.3, -0.25) is 4.79 Å². The Balaban J connectivity index is 2.21. The molecule has 92 valence electrons. The molecule has 4 heteroatoms. The normalized spacial score (nSPS) is 20.4. The summed E-state index contributed by atoms with van der Waals surface area (Å²) in [5, 5.41) is 0.389. The molecular formula is C13H15ClFNO. The van der Waals surface area contributed by atoms with Crippen LogP contribution in [0.2, 0.25) is 5.02 Å². The standard InChI is InChI=1S/C13H15ClFNO/c1-9-3-2-6-16(8-9)13(17)11-7-10(14)4-5-12(11)15/h4-5,7,9H,2-3,6,8H2,1H3. The second-order valence-electron chi connectivity index (χ2n) is 4.62. The zero-order valence-corrected chi connectivity index (χ0v) is 10.5. The molecule has 1 saturated heterocycles. The molecule has 1 aromatic carbocycles. The number of piperidine rings is 1. The minimum Gasteiger partial charge on any atom is -0.338 e. The molecule has 0 aromatic heterocycles. The summed E-state index contributed by atoms with van der Waals surface area (Å²) in [6.07, 6.45) is 2.11. The van der Waals surface area contributed by atoms with Gasteiger partial charge in [-0.2, -0.15) is 0 Å². The van der Waals surface area contributed by atoms with E-state index in [9.17, 15) is 9.18 Å². The van der Waals surface area contributed by atoms with Gasteiger partial charge in [-0.1, -0.05) is 18.5 Å². The van der Waals surface area contributed by atoms with E-state index in [1.807, 2.05) is 0 Å². The number of likely N-dealkylation sites (tertiary alicyclic amines) is 1. The van der Waals surface area contributed by atoms with Gasteiger partial charge < -0.3 is 4.90 Å². The van der Waals surface area contributed by atoms with Gasteiger partial charge >= 0.3 is 0 Å². The summed E-state index contributed by atoms with van der Waals surface area (Å²) in [6.45, 7) is 3.51. The number of halogens is 2. The molecule has 0 spiro atoms. The Bertz CT molecular complexity index is 435. The molecule has 1 fully saturated rings. The molecule has 0 N–H and O–H groups in total. The highest BCUT2D eigenvalue weighted by Crippen LogP contribution is 2.21. The maximum Gasteiger partial charge on any atom is 0.256 e. The zero-order chi connectivity index (χ0) is 12.4. The van der Waals surface area contributed by atoms with Crippen LogP contribution < -0.4 is 0 Å². The number of nitrogens with zero attached hydrogens (tertiary/aromatic N) is 1. The van der Waals surface area contributed by atoms with Gasteiger partial charge in [0.05, 0.1) is 5.56 Å². The predicted molar refractivity (Wildman–Crippen MR) is 65.7 cm³/mol. The van der Waals surface area contributed by atoms with Crippen molar-refractivity contribution in [2.75, 3.05) is 13.1 Å². The van der Waals surface area contributed by atoms with Crippen LogP contribution in [0.25, 0.3) is 0 Å². The average molecular weight is 256 g/mol. The van der Waals surface area contributed by atoms with Crippen LogP contribution in [0.4, 0.5) is 4.39 Å². The van der Waals surface area contributed by atoms with E-state index in [1.54, 1.807) is 4.90 Å². The first-order chi connectivity index (χ1) is 8.08. The lowest BCUT2D eigenvalue weighted by Crippen LogP contribution is -2.39. The van der Waals surface area contributed by atoms with Crippen molar-refractivity contribution in [2.24, 2.45) is 5.92 Å². The van der Waals surface area contributed by atoms with Crippen molar-refractivity contribution in [3.8, 4) is 0 Å². The summed E-state index contributed by atoms with van der Waals surface area (Å²) in [6, 6.07) is 4.09. The second kappa shape index (κ2) is 5.05. The van der Waals surface area contributed by atoms with Crippen molar-refractivity contribution in [3.63, 3.8) is 0 Å². The van der Waals surface area contributed by atoms with Gasteiger partial charge in [0.1, 0.15) is 5.82 Å².